The number of aryl methyl sites for hydroxylation is 1. The van der Waals surface area contributed by atoms with Gasteiger partial charge in [0.25, 0.3) is 5.91 Å². The number of ether oxygens (including phenoxy) is 1. The first-order valence-electron chi connectivity index (χ1n) is 11.0. The highest BCUT2D eigenvalue weighted by Crippen LogP contribution is 2.23. The van der Waals surface area contributed by atoms with Crippen molar-refractivity contribution in [2.45, 2.75) is 38.8 Å². The average molecular weight is 449 g/mol. The third kappa shape index (κ3) is 5.84. The quantitative estimate of drug-likeness (QED) is 0.541. The molecule has 2 heterocycles. The summed E-state index contributed by atoms with van der Waals surface area (Å²) in [6.07, 6.45) is 2.51. The van der Waals surface area contributed by atoms with Gasteiger partial charge in [-0.1, -0.05) is 48.0 Å². The number of hydrogen-bond acceptors (Lipinski definition) is 4. The highest BCUT2D eigenvalue weighted by molar-refractivity contribution is 7.12. The van der Waals surface area contributed by atoms with Crippen molar-refractivity contribution >= 4 is 28.8 Å². The number of thiophene rings is 1. The van der Waals surface area contributed by atoms with Crippen LogP contribution >= 0.6 is 11.3 Å². The van der Waals surface area contributed by atoms with Crippen LogP contribution < -0.4 is 10.2 Å². The third-order valence-corrected chi connectivity index (χ3v) is 6.42. The number of hydrogen-bond donors (Lipinski definition) is 1. The molecular formula is C26H28N2O3S. The minimum Gasteiger partial charge on any atom is -0.376 e. The minimum atomic E-state index is -0.0245. The van der Waals surface area contributed by atoms with Gasteiger partial charge in [0.2, 0.25) is 5.91 Å². The lowest BCUT2D eigenvalue weighted by atomic mass is 10.1. The maximum Gasteiger partial charge on any atom is 0.268 e. The molecule has 0 unspecified atom stereocenters. The Balaban J connectivity index is 1.45. The Morgan fingerprint density at radius 1 is 1.09 bits per heavy atom. The molecule has 6 heteroatoms. The number of nitrogens with one attached hydrogen (secondary N) is 1. The van der Waals surface area contributed by atoms with Crippen molar-refractivity contribution in [3.8, 4) is 0 Å². The Morgan fingerprint density at radius 2 is 1.94 bits per heavy atom. The highest BCUT2D eigenvalue weighted by atomic mass is 32.1. The number of rotatable bonds is 8. The van der Waals surface area contributed by atoms with Crippen LogP contribution in [0.15, 0.2) is 66.0 Å². The molecule has 1 aliphatic rings. The summed E-state index contributed by atoms with van der Waals surface area (Å²) in [6, 6.07) is 19.6. The molecule has 0 saturated carbocycles. The molecule has 0 bridgehead atoms. The minimum absolute atomic E-state index is 0.0143. The molecule has 1 atom stereocenters. The molecule has 0 aliphatic carbocycles. The van der Waals surface area contributed by atoms with Crippen LogP contribution in [0.3, 0.4) is 0 Å². The zero-order valence-corrected chi connectivity index (χ0v) is 19.1. The second-order valence-corrected chi connectivity index (χ2v) is 9.09. The Bertz CT molecular complexity index is 1040. The van der Waals surface area contributed by atoms with E-state index in [1.165, 1.54) is 11.3 Å². The zero-order chi connectivity index (χ0) is 22.3. The maximum absolute atomic E-state index is 13.2. The molecule has 1 saturated heterocycles. The third-order valence-electron chi connectivity index (χ3n) is 5.56. The molecule has 1 aromatic heterocycles. The summed E-state index contributed by atoms with van der Waals surface area (Å²) in [7, 11) is 0. The van der Waals surface area contributed by atoms with E-state index in [0.29, 0.717) is 24.4 Å². The first kappa shape index (κ1) is 22.2. The fourth-order valence-electron chi connectivity index (χ4n) is 3.88. The van der Waals surface area contributed by atoms with Gasteiger partial charge in [-0.3, -0.25) is 9.59 Å². The van der Waals surface area contributed by atoms with Gasteiger partial charge in [0.15, 0.2) is 0 Å². The molecule has 1 fully saturated rings. The molecule has 2 aromatic carbocycles. The summed E-state index contributed by atoms with van der Waals surface area (Å²) >= 11 is 1.44. The molecule has 32 heavy (non-hydrogen) atoms. The van der Waals surface area contributed by atoms with Crippen LogP contribution in [0.2, 0.25) is 0 Å². The van der Waals surface area contributed by atoms with Gasteiger partial charge in [0, 0.05) is 18.8 Å². The average Bonchev–Trinajstić information content (AvgIpc) is 3.51. The first-order chi connectivity index (χ1) is 15.6. The fourth-order valence-corrected chi connectivity index (χ4v) is 4.55. The van der Waals surface area contributed by atoms with Crippen molar-refractivity contribution in [1.82, 2.24) is 5.32 Å². The molecule has 1 N–H and O–H groups in total. The lowest BCUT2D eigenvalue weighted by Crippen LogP contribution is -2.32. The van der Waals surface area contributed by atoms with Crippen molar-refractivity contribution < 1.29 is 14.3 Å². The molecule has 0 radical (unpaired) electrons. The summed E-state index contributed by atoms with van der Waals surface area (Å²) in [5.74, 6) is -0.0388. The van der Waals surface area contributed by atoms with Crippen molar-refractivity contribution in [2.75, 3.05) is 18.1 Å². The first-order valence-corrected chi connectivity index (χ1v) is 11.8. The second-order valence-electron chi connectivity index (χ2n) is 8.14. The van der Waals surface area contributed by atoms with E-state index < -0.39 is 0 Å². The SMILES string of the molecule is Cc1cccc(CN(C(=O)c2cccs2)c2ccc(CC(=O)NC[C@@H]3CCCO3)cc2)c1. The number of carbonyl (C=O) groups excluding carboxylic acids is 2. The van der Waals surface area contributed by atoms with Crippen LogP contribution in [0, 0.1) is 6.92 Å². The van der Waals surface area contributed by atoms with Crippen LogP contribution in [0.4, 0.5) is 5.69 Å². The Labute approximate surface area is 193 Å². The van der Waals surface area contributed by atoms with E-state index in [9.17, 15) is 9.59 Å². The molecule has 0 spiro atoms. The number of anilines is 1. The van der Waals surface area contributed by atoms with Crippen molar-refractivity contribution in [3.05, 3.63) is 87.6 Å². The summed E-state index contributed by atoms with van der Waals surface area (Å²) in [4.78, 5) is 28.0. The van der Waals surface area contributed by atoms with Crippen LogP contribution in [-0.4, -0.2) is 31.1 Å². The monoisotopic (exact) mass is 448 g/mol. The molecule has 4 rings (SSSR count). The number of benzene rings is 2. The topological polar surface area (TPSA) is 58.6 Å². The maximum atomic E-state index is 13.2. The molecular weight excluding hydrogens is 420 g/mol. The normalized spacial score (nSPS) is 15.5. The molecule has 5 nitrogen and oxygen atoms in total. The van der Waals surface area contributed by atoms with Gasteiger partial charge in [0.05, 0.1) is 23.9 Å². The van der Waals surface area contributed by atoms with Gasteiger partial charge >= 0.3 is 0 Å². The summed E-state index contributed by atoms with van der Waals surface area (Å²) < 4.78 is 5.55. The lowest BCUT2D eigenvalue weighted by molar-refractivity contribution is -0.120. The number of amides is 2. The highest BCUT2D eigenvalue weighted by Gasteiger charge is 2.20. The van der Waals surface area contributed by atoms with Crippen molar-refractivity contribution in [2.24, 2.45) is 0 Å². The largest absolute Gasteiger partial charge is 0.376 e. The number of nitrogens with zero attached hydrogens (tertiary/aromatic N) is 1. The Hall–Kier alpha value is -2.96. The Morgan fingerprint density at radius 3 is 2.62 bits per heavy atom. The van der Waals surface area contributed by atoms with Gasteiger partial charge in [-0.05, 0) is 54.5 Å². The van der Waals surface area contributed by atoms with Crippen LogP contribution in [0.1, 0.15) is 39.2 Å². The molecule has 3 aromatic rings. The van der Waals surface area contributed by atoms with Crippen LogP contribution in [0.5, 0.6) is 0 Å². The van der Waals surface area contributed by atoms with Crippen molar-refractivity contribution in [1.29, 1.82) is 0 Å². The van der Waals surface area contributed by atoms with E-state index in [0.717, 1.165) is 41.8 Å². The van der Waals surface area contributed by atoms with Crippen LogP contribution in [-0.2, 0) is 22.5 Å². The predicted octanol–water partition coefficient (Wildman–Crippen LogP) is 4.74. The van der Waals surface area contributed by atoms with E-state index in [4.69, 9.17) is 4.74 Å². The Kier molecular flexibility index (Phi) is 7.35. The van der Waals surface area contributed by atoms with E-state index in [1.807, 2.05) is 66.9 Å². The zero-order valence-electron chi connectivity index (χ0n) is 18.3. The fraction of sp³-hybridized carbons (Fsp3) is 0.308. The van der Waals surface area contributed by atoms with E-state index >= 15 is 0 Å². The lowest BCUT2D eigenvalue weighted by Gasteiger charge is -2.23. The standard InChI is InChI=1S/C26H28N2O3S/c1-19-5-2-6-21(15-19)18-28(26(30)24-8-4-14-32-24)22-11-9-20(10-12-22)16-25(29)27-17-23-7-3-13-31-23/h2,4-6,8-12,14-15,23H,3,7,13,16-18H2,1H3,(H,27,29)/t23-/m0/s1. The summed E-state index contributed by atoms with van der Waals surface area (Å²) in [6.45, 7) is 3.88. The summed E-state index contributed by atoms with van der Waals surface area (Å²) in [5.41, 5.74) is 3.97. The van der Waals surface area contributed by atoms with Gasteiger partial charge in [-0.2, -0.15) is 0 Å². The van der Waals surface area contributed by atoms with E-state index in [1.54, 1.807) is 4.90 Å². The predicted molar refractivity (Wildman–Crippen MR) is 128 cm³/mol. The molecule has 166 valence electrons. The van der Waals surface area contributed by atoms with E-state index in [2.05, 4.69) is 11.4 Å². The van der Waals surface area contributed by atoms with Crippen molar-refractivity contribution in [3.63, 3.8) is 0 Å². The number of carbonyl (C=O) groups is 2. The van der Waals surface area contributed by atoms with E-state index in [-0.39, 0.29) is 17.9 Å². The smallest absolute Gasteiger partial charge is 0.268 e. The van der Waals surface area contributed by atoms with Gasteiger partial charge in [-0.15, -0.1) is 11.3 Å². The van der Waals surface area contributed by atoms with Gasteiger partial charge in [-0.25, -0.2) is 0 Å². The summed E-state index contributed by atoms with van der Waals surface area (Å²) in [5, 5.41) is 4.87. The second kappa shape index (κ2) is 10.6. The molecule has 1 aliphatic heterocycles. The van der Waals surface area contributed by atoms with Gasteiger partial charge < -0.3 is 15.0 Å². The van der Waals surface area contributed by atoms with Gasteiger partial charge in [0.1, 0.15) is 0 Å². The van der Waals surface area contributed by atoms with Crippen LogP contribution in [0.25, 0.3) is 0 Å². The molecule has 2 amide bonds.